The van der Waals surface area contributed by atoms with Gasteiger partial charge in [0, 0.05) is 13.0 Å². The second-order valence-corrected chi connectivity index (χ2v) is 2.14. The molecule has 0 unspecified atom stereocenters. The molecule has 10 heavy (non-hydrogen) atoms. The van der Waals surface area contributed by atoms with Crippen LogP contribution in [0.5, 0.6) is 0 Å². The summed E-state index contributed by atoms with van der Waals surface area (Å²) < 4.78 is 1.86. The second kappa shape index (κ2) is 1.80. The van der Waals surface area contributed by atoms with Crippen molar-refractivity contribution in [3.8, 4) is 0 Å². The van der Waals surface area contributed by atoms with Gasteiger partial charge in [-0.05, 0) is 0 Å². The Bertz CT molecular complexity index is 277. The fourth-order valence-corrected chi connectivity index (χ4v) is 1.07. The number of hydrogen-bond donors (Lipinski definition) is 1. The van der Waals surface area contributed by atoms with E-state index in [0.717, 1.165) is 13.0 Å². The van der Waals surface area contributed by atoms with Crippen molar-refractivity contribution in [3.63, 3.8) is 0 Å². The highest BCUT2D eigenvalue weighted by Crippen LogP contribution is 2.10. The van der Waals surface area contributed by atoms with Crippen molar-refractivity contribution in [1.82, 2.24) is 14.8 Å². The maximum atomic E-state index is 8.44. The first kappa shape index (κ1) is 5.40. The zero-order chi connectivity index (χ0) is 6.97. The van der Waals surface area contributed by atoms with Gasteiger partial charge in [-0.25, -0.2) is 0 Å². The minimum absolute atomic E-state index is 0.623. The predicted octanol–water partition coefficient (Wildman–Crippen LogP) is -0.140. The first-order valence-corrected chi connectivity index (χ1v) is 3.01. The summed E-state index contributed by atoms with van der Waals surface area (Å²) >= 11 is 0. The molecule has 0 aliphatic carbocycles. The van der Waals surface area contributed by atoms with E-state index in [1.807, 2.05) is 4.57 Å². The van der Waals surface area contributed by atoms with Gasteiger partial charge in [-0.2, -0.15) is 0 Å². The molecule has 0 saturated carbocycles. The third kappa shape index (κ3) is 0.541. The monoisotopic (exact) mass is 138 g/mol. The van der Waals surface area contributed by atoms with Crippen molar-refractivity contribution in [3.05, 3.63) is 12.2 Å². The standard InChI is InChI=1S/C5H6N4O/c10-8-4-1-2-9-3-6-7-5(4)9/h3,10H,1-2H2. The van der Waals surface area contributed by atoms with Crippen LogP contribution >= 0.6 is 0 Å². The number of oxime groups is 1. The SMILES string of the molecule is ON=C1CCn2cnnc21. The van der Waals surface area contributed by atoms with E-state index in [9.17, 15) is 0 Å². The molecule has 1 aliphatic rings. The summed E-state index contributed by atoms with van der Waals surface area (Å²) in [7, 11) is 0. The molecule has 1 N–H and O–H groups in total. The number of fused-ring (bicyclic) bond motifs is 1. The van der Waals surface area contributed by atoms with Crippen LogP contribution in [0.4, 0.5) is 0 Å². The molecule has 1 aliphatic heterocycles. The molecule has 0 fully saturated rings. The number of nitrogens with zero attached hydrogens (tertiary/aromatic N) is 4. The van der Waals surface area contributed by atoms with Crippen molar-refractivity contribution in [2.45, 2.75) is 13.0 Å². The Kier molecular flexibility index (Phi) is 0.969. The Hall–Kier alpha value is -1.39. The summed E-state index contributed by atoms with van der Waals surface area (Å²) in [5.41, 5.74) is 0.623. The van der Waals surface area contributed by atoms with Crippen LogP contribution in [-0.2, 0) is 6.54 Å². The first-order valence-electron chi connectivity index (χ1n) is 3.01. The fourth-order valence-electron chi connectivity index (χ4n) is 1.07. The highest BCUT2D eigenvalue weighted by Gasteiger charge is 2.19. The largest absolute Gasteiger partial charge is 0.411 e. The third-order valence-corrected chi connectivity index (χ3v) is 1.58. The van der Waals surface area contributed by atoms with Crippen LogP contribution in [0.25, 0.3) is 0 Å². The van der Waals surface area contributed by atoms with E-state index in [1.165, 1.54) is 0 Å². The minimum Gasteiger partial charge on any atom is -0.411 e. The summed E-state index contributed by atoms with van der Waals surface area (Å²) in [4.78, 5) is 0. The van der Waals surface area contributed by atoms with Gasteiger partial charge in [0.25, 0.3) is 0 Å². The van der Waals surface area contributed by atoms with Crippen LogP contribution in [-0.4, -0.2) is 25.7 Å². The Labute approximate surface area is 57.0 Å². The van der Waals surface area contributed by atoms with E-state index in [4.69, 9.17) is 5.21 Å². The smallest absolute Gasteiger partial charge is 0.181 e. The molecule has 0 bridgehead atoms. The van der Waals surface area contributed by atoms with Gasteiger partial charge >= 0.3 is 0 Å². The van der Waals surface area contributed by atoms with Crippen molar-refractivity contribution in [1.29, 1.82) is 0 Å². The van der Waals surface area contributed by atoms with Crippen LogP contribution in [0.2, 0.25) is 0 Å². The average Bonchev–Trinajstić information content (AvgIpc) is 2.44. The van der Waals surface area contributed by atoms with Gasteiger partial charge in [0.2, 0.25) is 0 Å². The van der Waals surface area contributed by atoms with Crippen LogP contribution < -0.4 is 0 Å². The van der Waals surface area contributed by atoms with Crippen molar-refractivity contribution < 1.29 is 5.21 Å². The summed E-state index contributed by atoms with van der Waals surface area (Å²) in [5, 5.41) is 19.0. The molecule has 0 amide bonds. The molecule has 0 radical (unpaired) electrons. The Balaban J connectivity index is 2.53. The number of aryl methyl sites for hydroxylation is 1. The molecule has 0 saturated heterocycles. The Morgan fingerprint density at radius 2 is 2.60 bits per heavy atom. The number of aromatic nitrogens is 3. The van der Waals surface area contributed by atoms with E-state index in [0.29, 0.717) is 11.5 Å². The summed E-state index contributed by atoms with van der Waals surface area (Å²) in [6.45, 7) is 0.821. The van der Waals surface area contributed by atoms with Gasteiger partial charge in [0.05, 0.1) is 0 Å². The normalized spacial score (nSPS) is 19.8. The van der Waals surface area contributed by atoms with Gasteiger partial charge < -0.3 is 9.77 Å². The lowest BCUT2D eigenvalue weighted by Gasteiger charge is -1.85. The number of rotatable bonds is 0. The van der Waals surface area contributed by atoms with E-state index in [2.05, 4.69) is 15.4 Å². The van der Waals surface area contributed by atoms with Crippen LogP contribution in [0.1, 0.15) is 12.2 Å². The average molecular weight is 138 g/mol. The van der Waals surface area contributed by atoms with Crippen molar-refractivity contribution in [2.75, 3.05) is 0 Å². The molecule has 5 heteroatoms. The number of hydrogen-bond acceptors (Lipinski definition) is 4. The molecule has 1 aromatic rings. The van der Waals surface area contributed by atoms with Gasteiger partial charge in [-0.1, -0.05) is 5.16 Å². The molecule has 2 rings (SSSR count). The molecular formula is C5H6N4O. The lowest BCUT2D eigenvalue weighted by Crippen LogP contribution is -1.96. The quantitative estimate of drug-likeness (QED) is 0.401. The fraction of sp³-hybridized carbons (Fsp3) is 0.400. The molecular weight excluding hydrogens is 132 g/mol. The van der Waals surface area contributed by atoms with Crippen LogP contribution in [0.15, 0.2) is 11.5 Å². The van der Waals surface area contributed by atoms with Gasteiger partial charge in [0.1, 0.15) is 12.0 Å². The lowest BCUT2D eigenvalue weighted by atomic mass is 10.3. The molecule has 52 valence electrons. The lowest BCUT2D eigenvalue weighted by molar-refractivity contribution is 0.318. The van der Waals surface area contributed by atoms with E-state index in [1.54, 1.807) is 6.33 Å². The van der Waals surface area contributed by atoms with Crippen molar-refractivity contribution >= 4 is 5.71 Å². The van der Waals surface area contributed by atoms with Crippen LogP contribution in [0, 0.1) is 0 Å². The van der Waals surface area contributed by atoms with E-state index < -0.39 is 0 Å². The zero-order valence-electron chi connectivity index (χ0n) is 5.23. The third-order valence-electron chi connectivity index (χ3n) is 1.58. The van der Waals surface area contributed by atoms with Crippen molar-refractivity contribution in [2.24, 2.45) is 5.16 Å². The first-order chi connectivity index (χ1) is 4.92. The van der Waals surface area contributed by atoms with E-state index >= 15 is 0 Å². The highest BCUT2D eigenvalue weighted by atomic mass is 16.4. The maximum Gasteiger partial charge on any atom is 0.181 e. The zero-order valence-corrected chi connectivity index (χ0v) is 5.23. The Morgan fingerprint density at radius 3 is 3.40 bits per heavy atom. The highest BCUT2D eigenvalue weighted by molar-refractivity contribution is 5.98. The van der Waals surface area contributed by atoms with E-state index in [-0.39, 0.29) is 0 Å². The van der Waals surface area contributed by atoms with Gasteiger partial charge in [0.15, 0.2) is 5.82 Å². The molecule has 2 heterocycles. The molecule has 0 spiro atoms. The molecule has 1 aromatic heterocycles. The topological polar surface area (TPSA) is 63.3 Å². The second-order valence-electron chi connectivity index (χ2n) is 2.14. The summed E-state index contributed by atoms with van der Waals surface area (Å²) in [6, 6.07) is 0. The maximum absolute atomic E-state index is 8.44. The van der Waals surface area contributed by atoms with Gasteiger partial charge in [-0.15, -0.1) is 10.2 Å². The predicted molar refractivity (Wildman–Crippen MR) is 33.0 cm³/mol. The molecule has 5 nitrogen and oxygen atoms in total. The van der Waals surface area contributed by atoms with Gasteiger partial charge in [-0.3, -0.25) is 0 Å². The van der Waals surface area contributed by atoms with Crippen LogP contribution in [0.3, 0.4) is 0 Å². The molecule has 0 atom stereocenters. The Morgan fingerprint density at radius 1 is 1.70 bits per heavy atom. The summed E-state index contributed by atoms with van der Waals surface area (Å²) in [5.74, 6) is 0.683. The molecule has 0 aromatic carbocycles. The minimum atomic E-state index is 0.623. The summed E-state index contributed by atoms with van der Waals surface area (Å²) in [6.07, 6.45) is 2.38.